The average molecular weight is 189 g/mol. The van der Waals surface area contributed by atoms with Gasteiger partial charge in [0.25, 0.3) is 0 Å². The van der Waals surface area contributed by atoms with Crippen molar-refractivity contribution in [3.63, 3.8) is 0 Å². The predicted octanol–water partition coefficient (Wildman–Crippen LogP) is 1.84. The van der Waals surface area contributed by atoms with Crippen LogP contribution in [0.3, 0.4) is 0 Å². The lowest BCUT2D eigenvalue weighted by Gasteiger charge is -2.01. The molecule has 0 aliphatic carbocycles. The van der Waals surface area contributed by atoms with Crippen LogP contribution in [0.2, 0.25) is 0 Å². The highest BCUT2D eigenvalue weighted by Crippen LogP contribution is 2.31. The standard InChI is InChI=1S/C11H11NO2/c13-11(14)6-5-8-7-12-10-4-2-1-3-9(8)10/h1-6,8,12H,7H2,(H,13,14)/b6-5+. The fraction of sp³-hybridized carbons (Fsp3) is 0.182. The Kier molecular flexibility index (Phi) is 2.23. The minimum atomic E-state index is -0.894. The number of hydrogen-bond donors (Lipinski definition) is 2. The van der Waals surface area contributed by atoms with E-state index < -0.39 is 5.97 Å². The summed E-state index contributed by atoms with van der Waals surface area (Å²) in [5, 5.41) is 11.7. The van der Waals surface area contributed by atoms with E-state index in [9.17, 15) is 4.79 Å². The predicted molar refractivity (Wildman–Crippen MR) is 54.4 cm³/mol. The van der Waals surface area contributed by atoms with Gasteiger partial charge in [0, 0.05) is 24.2 Å². The van der Waals surface area contributed by atoms with Crippen molar-refractivity contribution in [1.29, 1.82) is 0 Å². The minimum absolute atomic E-state index is 0.183. The van der Waals surface area contributed by atoms with Crippen LogP contribution in [0.1, 0.15) is 11.5 Å². The van der Waals surface area contributed by atoms with Crippen LogP contribution in [-0.4, -0.2) is 17.6 Å². The van der Waals surface area contributed by atoms with Gasteiger partial charge in [-0.05, 0) is 11.6 Å². The Bertz CT molecular complexity index is 385. The summed E-state index contributed by atoms with van der Waals surface area (Å²) in [7, 11) is 0. The highest BCUT2D eigenvalue weighted by Gasteiger charge is 2.18. The van der Waals surface area contributed by atoms with E-state index in [-0.39, 0.29) is 5.92 Å². The van der Waals surface area contributed by atoms with Crippen LogP contribution in [0.15, 0.2) is 36.4 Å². The van der Waals surface area contributed by atoms with Gasteiger partial charge in [0.2, 0.25) is 0 Å². The van der Waals surface area contributed by atoms with Crippen molar-refractivity contribution >= 4 is 11.7 Å². The van der Waals surface area contributed by atoms with Crippen molar-refractivity contribution in [1.82, 2.24) is 0 Å². The monoisotopic (exact) mass is 189 g/mol. The molecule has 0 radical (unpaired) electrons. The minimum Gasteiger partial charge on any atom is -0.478 e. The lowest BCUT2D eigenvalue weighted by molar-refractivity contribution is -0.131. The zero-order valence-corrected chi connectivity index (χ0v) is 7.60. The zero-order chi connectivity index (χ0) is 9.97. The molecule has 1 heterocycles. The number of nitrogens with one attached hydrogen (secondary N) is 1. The van der Waals surface area contributed by atoms with Crippen molar-refractivity contribution in [2.24, 2.45) is 0 Å². The maximum atomic E-state index is 10.4. The summed E-state index contributed by atoms with van der Waals surface area (Å²) in [5.74, 6) is -0.711. The van der Waals surface area contributed by atoms with Gasteiger partial charge in [-0.1, -0.05) is 24.3 Å². The van der Waals surface area contributed by atoms with E-state index in [4.69, 9.17) is 5.11 Å². The normalized spacial score (nSPS) is 19.3. The van der Waals surface area contributed by atoms with Crippen LogP contribution in [0.5, 0.6) is 0 Å². The SMILES string of the molecule is O=C(O)/C=C/C1CNc2ccccc21. The van der Waals surface area contributed by atoms with Crippen molar-refractivity contribution in [3.05, 3.63) is 42.0 Å². The van der Waals surface area contributed by atoms with Gasteiger partial charge in [-0.15, -0.1) is 0 Å². The molecule has 14 heavy (non-hydrogen) atoms. The summed E-state index contributed by atoms with van der Waals surface area (Å²) < 4.78 is 0. The van der Waals surface area contributed by atoms with Gasteiger partial charge in [0.05, 0.1) is 0 Å². The Labute approximate surface area is 82.1 Å². The van der Waals surface area contributed by atoms with Crippen molar-refractivity contribution in [2.45, 2.75) is 5.92 Å². The highest BCUT2D eigenvalue weighted by atomic mass is 16.4. The molecule has 0 saturated heterocycles. The molecule has 72 valence electrons. The Balaban J connectivity index is 2.22. The smallest absolute Gasteiger partial charge is 0.327 e. The van der Waals surface area contributed by atoms with E-state index in [2.05, 4.69) is 5.32 Å². The average Bonchev–Trinajstić information content (AvgIpc) is 2.58. The quantitative estimate of drug-likeness (QED) is 0.698. The van der Waals surface area contributed by atoms with E-state index in [0.29, 0.717) is 0 Å². The van der Waals surface area contributed by atoms with Crippen LogP contribution in [0, 0.1) is 0 Å². The van der Waals surface area contributed by atoms with Gasteiger partial charge >= 0.3 is 5.97 Å². The van der Waals surface area contributed by atoms with Crippen LogP contribution < -0.4 is 5.32 Å². The second kappa shape index (κ2) is 3.54. The number of aliphatic carboxylic acids is 1. The van der Waals surface area contributed by atoms with Gasteiger partial charge < -0.3 is 10.4 Å². The molecule has 2 rings (SSSR count). The third-order valence-corrected chi connectivity index (χ3v) is 2.34. The first-order chi connectivity index (χ1) is 6.77. The molecule has 0 aromatic heterocycles. The van der Waals surface area contributed by atoms with E-state index in [1.54, 1.807) is 6.08 Å². The number of benzene rings is 1. The zero-order valence-electron chi connectivity index (χ0n) is 7.60. The molecule has 1 aromatic rings. The molecular weight excluding hydrogens is 178 g/mol. The largest absolute Gasteiger partial charge is 0.478 e. The number of para-hydroxylation sites is 1. The topological polar surface area (TPSA) is 49.3 Å². The molecule has 2 N–H and O–H groups in total. The van der Waals surface area contributed by atoms with E-state index in [1.165, 1.54) is 11.6 Å². The lowest BCUT2D eigenvalue weighted by atomic mass is 10.0. The number of carboxylic acid groups (broad SMARTS) is 1. The first kappa shape index (κ1) is 8.81. The molecule has 1 atom stereocenters. The van der Waals surface area contributed by atoms with Gasteiger partial charge in [-0.25, -0.2) is 4.79 Å². The summed E-state index contributed by atoms with van der Waals surface area (Å²) >= 11 is 0. The maximum Gasteiger partial charge on any atom is 0.327 e. The summed E-state index contributed by atoms with van der Waals surface area (Å²) in [5.41, 5.74) is 2.28. The third-order valence-electron chi connectivity index (χ3n) is 2.34. The fourth-order valence-corrected chi connectivity index (χ4v) is 1.68. The molecule has 0 saturated carbocycles. The van der Waals surface area contributed by atoms with Crippen LogP contribution in [0.25, 0.3) is 0 Å². The van der Waals surface area contributed by atoms with Crippen LogP contribution in [0.4, 0.5) is 5.69 Å². The molecule has 0 amide bonds. The molecule has 1 unspecified atom stereocenters. The number of hydrogen-bond acceptors (Lipinski definition) is 2. The second-order valence-electron chi connectivity index (χ2n) is 3.27. The van der Waals surface area contributed by atoms with Gasteiger partial charge in [-0.2, -0.15) is 0 Å². The van der Waals surface area contributed by atoms with Crippen molar-refractivity contribution in [3.8, 4) is 0 Å². The summed E-state index contributed by atoms with van der Waals surface area (Å²) in [4.78, 5) is 10.4. The van der Waals surface area contributed by atoms with E-state index in [1.807, 2.05) is 24.3 Å². The fourth-order valence-electron chi connectivity index (χ4n) is 1.68. The molecule has 1 aromatic carbocycles. The molecule has 1 aliphatic heterocycles. The van der Waals surface area contributed by atoms with Crippen molar-refractivity contribution in [2.75, 3.05) is 11.9 Å². The van der Waals surface area contributed by atoms with Crippen LogP contribution >= 0.6 is 0 Å². The molecule has 3 heteroatoms. The molecule has 0 fully saturated rings. The molecule has 0 spiro atoms. The first-order valence-corrected chi connectivity index (χ1v) is 4.51. The number of anilines is 1. The number of carboxylic acids is 1. The molecule has 3 nitrogen and oxygen atoms in total. The summed E-state index contributed by atoms with van der Waals surface area (Å²) in [6.45, 7) is 0.781. The third kappa shape index (κ3) is 1.62. The Morgan fingerprint density at radius 1 is 1.50 bits per heavy atom. The summed E-state index contributed by atoms with van der Waals surface area (Å²) in [6, 6.07) is 7.96. The molecular formula is C11H11NO2. The second-order valence-corrected chi connectivity index (χ2v) is 3.27. The van der Waals surface area contributed by atoms with E-state index >= 15 is 0 Å². The number of fused-ring (bicyclic) bond motifs is 1. The Hall–Kier alpha value is -1.77. The number of carbonyl (C=O) groups is 1. The van der Waals surface area contributed by atoms with Gasteiger partial charge in [0.1, 0.15) is 0 Å². The van der Waals surface area contributed by atoms with E-state index in [0.717, 1.165) is 12.2 Å². The van der Waals surface area contributed by atoms with Crippen molar-refractivity contribution < 1.29 is 9.90 Å². The van der Waals surface area contributed by atoms with Crippen LogP contribution in [-0.2, 0) is 4.79 Å². The lowest BCUT2D eigenvalue weighted by Crippen LogP contribution is -1.99. The number of rotatable bonds is 2. The first-order valence-electron chi connectivity index (χ1n) is 4.51. The molecule has 1 aliphatic rings. The molecule has 0 bridgehead atoms. The highest BCUT2D eigenvalue weighted by molar-refractivity contribution is 5.80. The van der Waals surface area contributed by atoms with Gasteiger partial charge in [0.15, 0.2) is 0 Å². The van der Waals surface area contributed by atoms with Gasteiger partial charge in [-0.3, -0.25) is 0 Å². The summed E-state index contributed by atoms with van der Waals surface area (Å²) in [6.07, 6.45) is 2.93. The maximum absolute atomic E-state index is 10.4. The Morgan fingerprint density at radius 2 is 2.29 bits per heavy atom. The Morgan fingerprint density at radius 3 is 3.07 bits per heavy atom.